The maximum atomic E-state index is 14.9. The highest BCUT2D eigenvalue weighted by Gasteiger charge is 2.20. The predicted molar refractivity (Wildman–Crippen MR) is 177 cm³/mol. The molecule has 2 N–H and O–H groups in total. The number of nitrogens with zero attached hydrogens (tertiary/aromatic N) is 6. The number of hydrogen-bond acceptors (Lipinski definition) is 9. The fourth-order valence-electron chi connectivity index (χ4n) is 5.57. The highest BCUT2D eigenvalue weighted by atomic mass is 19.1. The molecule has 2 fully saturated rings. The molecule has 2 aliphatic heterocycles. The molecule has 0 spiro atoms. The lowest BCUT2D eigenvalue weighted by molar-refractivity contribution is 0.0659. The Morgan fingerprint density at radius 1 is 1.06 bits per heavy atom. The summed E-state index contributed by atoms with van der Waals surface area (Å²) in [6, 6.07) is 10.4. The van der Waals surface area contributed by atoms with E-state index >= 15 is 0 Å². The summed E-state index contributed by atoms with van der Waals surface area (Å²) in [5.74, 6) is 6.40. The smallest absolute Gasteiger partial charge is 0.256 e. The topological polar surface area (TPSA) is 110 Å². The number of nitrogens with one attached hydrogen (secondary N) is 2. The summed E-state index contributed by atoms with van der Waals surface area (Å²) in [7, 11) is 3.67. The summed E-state index contributed by atoms with van der Waals surface area (Å²) < 4.78 is 27.7. The standard InChI is InChI=1S/C35H39FN8O3/c1-24-4-6-27(33(45)39-29-9-8-28(31(36)19-29)22-43-14-12-42(2)13-15-43)18-26(24)7-5-25-20-37-35(38-21-25)40-32-23-44(41-34(32)46-3)30-10-16-47-17-11-30/h4,6,8-9,18-21,23,30H,10-17,22H2,1-3H3,(H,39,45)(H,37,38,40). The van der Waals surface area contributed by atoms with Crippen LogP contribution in [0.15, 0.2) is 55.0 Å². The zero-order valence-electron chi connectivity index (χ0n) is 26.9. The number of piperazine rings is 1. The molecule has 47 heavy (non-hydrogen) atoms. The fourth-order valence-corrected chi connectivity index (χ4v) is 5.57. The maximum absolute atomic E-state index is 14.9. The van der Waals surface area contributed by atoms with E-state index in [2.05, 4.69) is 54.4 Å². The van der Waals surface area contributed by atoms with Crippen molar-refractivity contribution in [1.82, 2.24) is 29.5 Å². The van der Waals surface area contributed by atoms with Gasteiger partial charge in [-0.15, -0.1) is 5.10 Å². The third-order valence-electron chi connectivity index (χ3n) is 8.50. The molecule has 0 saturated carbocycles. The second kappa shape index (κ2) is 14.7. The number of methoxy groups -OCH3 is 1. The number of rotatable bonds is 8. The first-order chi connectivity index (χ1) is 22.8. The minimum absolute atomic E-state index is 0.256. The van der Waals surface area contributed by atoms with Crippen molar-refractivity contribution in [2.45, 2.75) is 32.4 Å². The fraction of sp³-hybridized carbons (Fsp3) is 0.371. The number of ether oxygens (including phenoxy) is 2. The molecule has 0 unspecified atom stereocenters. The van der Waals surface area contributed by atoms with E-state index in [-0.39, 0.29) is 17.8 Å². The van der Waals surface area contributed by atoms with Crippen molar-refractivity contribution in [3.63, 3.8) is 0 Å². The lowest BCUT2D eigenvalue weighted by Gasteiger charge is -2.32. The lowest BCUT2D eigenvalue weighted by Crippen LogP contribution is -2.44. The maximum Gasteiger partial charge on any atom is 0.256 e. The van der Waals surface area contributed by atoms with Crippen LogP contribution < -0.4 is 15.4 Å². The van der Waals surface area contributed by atoms with Crippen molar-refractivity contribution >= 4 is 23.2 Å². The first-order valence-electron chi connectivity index (χ1n) is 15.8. The number of carbonyl (C=O) groups excluding carboxylic acids is 1. The van der Waals surface area contributed by atoms with Crippen LogP contribution in [-0.2, 0) is 11.3 Å². The lowest BCUT2D eigenvalue weighted by atomic mass is 10.0. The predicted octanol–water partition coefficient (Wildman–Crippen LogP) is 4.62. The Bertz CT molecular complexity index is 1770. The third-order valence-corrected chi connectivity index (χ3v) is 8.50. The Kier molecular flexibility index (Phi) is 10.1. The zero-order valence-corrected chi connectivity index (χ0v) is 26.9. The van der Waals surface area contributed by atoms with Gasteiger partial charge in [-0.25, -0.2) is 14.4 Å². The Labute approximate surface area is 274 Å². The van der Waals surface area contributed by atoms with E-state index in [0.717, 1.165) is 44.6 Å². The van der Waals surface area contributed by atoms with Crippen LogP contribution in [0, 0.1) is 24.6 Å². The Hall–Kier alpha value is -4.83. The molecule has 2 aliphatic rings. The molecule has 2 aromatic carbocycles. The molecule has 0 atom stereocenters. The number of likely N-dealkylation sites (N-methyl/N-ethyl adjacent to an activating group) is 1. The van der Waals surface area contributed by atoms with Crippen LogP contribution in [0.1, 0.15) is 51.5 Å². The van der Waals surface area contributed by atoms with E-state index in [0.29, 0.717) is 65.2 Å². The Morgan fingerprint density at radius 3 is 2.55 bits per heavy atom. The first-order valence-corrected chi connectivity index (χ1v) is 15.8. The number of amides is 1. The van der Waals surface area contributed by atoms with Crippen molar-refractivity contribution in [1.29, 1.82) is 0 Å². The highest BCUT2D eigenvalue weighted by molar-refractivity contribution is 6.04. The SMILES string of the molecule is COc1nn(C2CCOCC2)cc1Nc1ncc(C#Cc2cc(C(=O)Nc3ccc(CN4CCN(C)CC4)c(F)c3)ccc2C)cn1. The second-order valence-electron chi connectivity index (χ2n) is 11.9. The molecule has 0 bridgehead atoms. The molecule has 4 aromatic rings. The number of halogens is 1. The number of hydrogen-bond donors (Lipinski definition) is 2. The number of benzene rings is 2. The summed E-state index contributed by atoms with van der Waals surface area (Å²) >= 11 is 0. The number of anilines is 3. The molecule has 6 rings (SSSR count). The minimum Gasteiger partial charge on any atom is -0.478 e. The normalized spacial score (nSPS) is 15.9. The van der Waals surface area contributed by atoms with Crippen LogP contribution in [0.5, 0.6) is 5.88 Å². The van der Waals surface area contributed by atoms with Gasteiger partial charge in [0.05, 0.1) is 24.9 Å². The van der Waals surface area contributed by atoms with E-state index < -0.39 is 0 Å². The summed E-state index contributed by atoms with van der Waals surface area (Å²) in [6.07, 6.45) is 6.95. The van der Waals surface area contributed by atoms with Crippen molar-refractivity contribution in [3.8, 4) is 17.7 Å². The summed E-state index contributed by atoms with van der Waals surface area (Å²) in [5, 5.41) is 10.6. The van der Waals surface area contributed by atoms with Gasteiger partial charge in [0.25, 0.3) is 11.8 Å². The van der Waals surface area contributed by atoms with Gasteiger partial charge >= 0.3 is 0 Å². The van der Waals surface area contributed by atoms with Crippen LogP contribution in [0.3, 0.4) is 0 Å². The van der Waals surface area contributed by atoms with Gasteiger partial charge in [0.2, 0.25) is 5.95 Å². The quantitative estimate of drug-likeness (QED) is 0.267. The van der Waals surface area contributed by atoms with Crippen LogP contribution in [-0.4, -0.2) is 89.0 Å². The average Bonchev–Trinajstić information content (AvgIpc) is 3.50. The van der Waals surface area contributed by atoms with E-state index in [9.17, 15) is 9.18 Å². The van der Waals surface area contributed by atoms with Crippen LogP contribution >= 0.6 is 0 Å². The summed E-state index contributed by atoms with van der Waals surface area (Å²) in [5.41, 5.74) is 4.35. The molecule has 12 heteroatoms. The summed E-state index contributed by atoms with van der Waals surface area (Å²) in [4.78, 5) is 26.4. The van der Waals surface area contributed by atoms with Gasteiger partial charge in [-0.3, -0.25) is 14.4 Å². The van der Waals surface area contributed by atoms with Gasteiger partial charge in [0.15, 0.2) is 0 Å². The van der Waals surface area contributed by atoms with Gasteiger partial charge < -0.3 is 25.0 Å². The van der Waals surface area contributed by atoms with Gasteiger partial charge in [0, 0.05) is 80.7 Å². The summed E-state index contributed by atoms with van der Waals surface area (Å²) in [6.45, 7) is 7.66. The zero-order chi connectivity index (χ0) is 32.8. The Morgan fingerprint density at radius 2 is 1.83 bits per heavy atom. The molecule has 4 heterocycles. The monoisotopic (exact) mass is 638 g/mol. The van der Waals surface area contributed by atoms with E-state index in [1.807, 2.05) is 23.9 Å². The number of aromatic nitrogens is 4. The molecule has 11 nitrogen and oxygen atoms in total. The van der Waals surface area contributed by atoms with Crippen molar-refractivity contribution in [2.75, 3.05) is 64.2 Å². The molecular formula is C35H39FN8O3. The van der Waals surface area contributed by atoms with Crippen LogP contribution in [0.25, 0.3) is 0 Å². The van der Waals surface area contributed by atoms with Gasteiger partial charge in [-0.2, -0.15) is 0 Å². The van der Waals surface area contributed by atoms with E-state index in [1.165, 1.54) is 6.07 Å². The molecule has 0 aliphatic carbocycles. The van der Waals surface area contributed by atoms with Gasteiger partial charge in [-0.05, 0) is 56.6 Å². The number of carbonyl (C=O) groups is 1. The van der Waals surface area contributed by atoms with Gasteiger partial charge in [-0.1, -0.05) is 24.0 Å². The van der Waals surface area contributed by atoms with E-state index in [4.69, 9.17) is 9.47 Å². The van der Waals surface area contributed by atoms with Crippen molar-refractivity contribution in [3.05, 3.63) is 88.6 Å². The van der Waals surface area contributed by atoms with Crippen molar-refractivity contribution in [2.24, 2.45) is 0 Å². The number of aryl methyl sites for hydroxylation is 1. The third kappa shape index (κ3) is 8.13. The van der Waals surface area contributed by atoms with Gasteiger partial charge in [0.1, 0.15) is 11.5 Å². The molecule has 1 amide bonds. The average molecular weight is 639 g/mol. The van der Waals surface area contributed by atoms with E-state index in [1.54, 1.807) is 43.8 Å². The Balaban J connectivity index is 1.08. The van der Waals surface area contributed by atoms with Crippen LogP contribution in [0.4, 0.5) is 21.7 Å². The molecule has 244 valence electrons. The largest absolute Gasteiger partial charge is 0.478 e. The molecule has 2 saturated heterocycles. The first kappa shape index (κ1) is 32.1. The molecule has 0 radical (unpaired) electrons. The molecule has 2 aromatic heterocycles. The minimum atomic E-state index is -0.339. The highest BCUT2D eigenvalue weighted by Crippen LogP contribution is 2.29. The molecular weight excluding hydrogens is 599 g/mol. The van der Waals surface area contributed by atoms with Crippen molar-refractivity contribution < 1.29 is 18.7 Å². The second-order valence-corrected chi connectivity index (χ2v) is 11.9. The van der Waals surface area contributed by atoms with Crippen LogP contribution in [0.2, 0.25) is 0 Å².